The lowest BCUT2D eigenvalue weighted by molar-refractivity contribution is 0.101. The van der Waals surface area contributed by atoms with E-state index in [0.29, 0.717) is 5.02 Å². The van der Waals surface area contributed by atoms with Crippen LogP contribution in [-0.4, -0.2) is 21.2 Å². The first kappa shape index (κ1) is 12.9. The predicted molar refractivity (Wildman–Crippen MR) is 72.0 cm³/mol. The zero-order chi connectivity index (χ0) is 14.1. The molecule has 20 heavy (non-hydrogen) atoms. The number of hydrogen-bond acceptors (Lipinski definition) is 5. The van der Waals surface area contributed by atoms with Crippen molar-refractivity contribution in [3.8, 4) is 5.75 Å². The quantitative estimate of drug-likeness (QED) is 0.888. The average Bonchev–Trinajstić information content (AvgIpc) is 2.86. The second-order valence-corrected chi connectivity index (χ2v) is 5.05. The number of nitrogens with zero attached hydrogens (tertiary/aromatic N) is 2. The highest BCUT2D eigenvalue weighted by atomic mass is 35.5. The Morgan fingerprint density at radius 2 is 2.20 bits per heavy atom. The van der Waals surface area contributed by atoms with Gasteiger partial charge in [-0.05, 0) is 19.3 Å². The highest BCUT2D eigenvalue weighted by Gasteiger charge is 2.24. The SMILES string of the molecule is O=C(Nc1ncc(Cl)cc1O)c1noc2c1CCCC2. The van der Waals surface area contributed by atoms with Crippen LogP contribution in [0.1, 0.15) is 34.7 Å². The lowest BCUT2D eigenvalue weighted by Gasteiger charge is -2.09. The first-order valence-electron chi connectivity index (χ1n) is 6.28. The molecule has 0 aliphatic heterocycles. The number of carbonyl (C=O) groups excluding carboxylic acids is 1. The Bertz CT molecular complexity index is 669. The fraction of sp³-hybridized carbons (Fsp3) is 0.308. The maximum absolute atomic E-state index is 12.2. The number of aromatic nitrogens is 2. The van der Waals surface area contributed by atoms with Gasteiger partial charge >= 0.3 is 0 Å². The van der Waals surface area contributed by atoms with Crippen molar-refractivity contribution >= 4 is 23.3 Å². The number of hydrogen-bond donors (Lipinski definition) is 2. The van der Waals surface area contributed by atoms with Crippen molar-refractivity contribution in [2.24, 2.45) is 0 Å². The summed E-state index contributed by atoms with van der Waals surface area (Å²) in [5, 5.41) is 16.3. The molecule has 3 rings (SSSR count). The summed E-state index contributed by atoms with van der Waals surface area (Å²) in [4.78, 5) is 16.0. The smallest absolute Gasteiger partial charge is 0.279 e. The molecule has 0 aromatic carbocycles. The van der Waals surface area contributed by atoms with Gasteiger partial charge in [-0.3, -0.25) is 4.79 Å². The molecule has 0 radical (unpaired) electrons. The number of aromatic hydroxyl groups is 1. The molecule has 2 aromatic rings. The molecule has 0 atom stereocenters. The molecule has 2 N–H and O–H groups in total. The topological polar surface area (TPSA) is 88.2 Å². The fourth-order valence-electron chi connectivity index (χ4n) is 2.25. The third-order valence-electron chi connectivity index (χ3n) is 3.23. The molecule has 0 unspecified atom stereocenters. The van der Waals surface area contributed by atoms with Crippen molar-refractivity contribution in [1.29, 1.82) is 0 Å². The summed E-state index contributed by atoms with van der Waals surface area (Å²) < 4.78 is 5.18. The molecular formula is C13H12ClN3O3. The van der Waals surface area contributed by atoms with Gasteiger partial charge in [0.25, 0.3) is 5.91 Å². The van der Waals surface area contributed by atoms with Crippen molar-refractivity contribution in [2.45, 2.75) is 25.7 Å². The van der Waals surface area contributed by atoms with Gasteiger partial charge in [0, 0.05) is 24.2 Å². The summed E-state index contributed by atoms with van der Waals surface area (Å²) >= 11 is 5.69. The van der Waals surface area contributed by atoms with E-state index in [1.54, 1.807) is 0 Å². The monoisotopic (exact) mass is 293 g/mol. The summed E-state index contributed by atoms with van der Waals surface area (Å²) in [6, 6.07) is 1.31. The highest BCUT2D eigenvalue weighted by Crippen LogP contribution is 2.27. The Morgan fingerprint density at radius 3 is 3.00 bits per heavy atom. The van der Waals surface area contributed by atoms with Crippen LogP contribution in [0.3, 0.4) is 0 Å². The molecule has 0 saturated carbocycles. The largest absolute Gasteiger partial charge is 0.504 e. The molecule has 1 amide bonds. The molecular weight excluding hydrogens is 282 g/mol. The molecule has 1 aliphatic rings. The van der Waals surface area contributed by atoms with E-state index in [1.807, 2.05) is 0 Å². The Kier molecular flexibility index (Phi) is 3.31. The lowest BCUT2D eigenvalue weighted by Crippen LogP contribution is -2.16. The van der Waals surface area contributed by atoms with Crippen molar-refractivity contribution in [3.05, 3.63) is 34.3 Å². The molecule has 0 fully saturated rings. The van der Waals surface area contributed by atoms with Crippen LogP contribution < -0.4 is 5.32 Å². The van der Waals surface area contributed by atoms with Gasteiger partial charge in [-0.25, -0.2) is 4.98 Å². The number of aryl methyl sites for hydroxylation is 1. The summed E-state index contributed by atoms with van der Waals surface area (Å²) in [7, 11) is 0. The third kappa shape index (κ3) is 2.34. The van der Waals surface area contributed by atoms with Gasteiger partial charge in [0.1, 0.15) is 5.76 Å². The van der Waals surface area contributed by atoms with Crippen LogP contribution in [0.25, 0.3) is 0 Å². The Balaban J connectivity index is 1.84. The van der Waals surface area contributed by atoms with Crippen molar-refractivity contribution in [2.75, 3.05) is 5.32 Å². The van der Waals surface area contributed by atoms with E-state index in [-0.39, 0.29) is 17.3 Å². The Morgan fingerprint density at radius 1 is 1.40 bits per heavy atom. The summed E-state index contributed by atoms with van der Waals surface area (Å²) in [6.07, 6.45) is 4.98. The Hall–Kier alpha value is -2.08. The van der Waals surface area contributed by atoms with Gasteiger partial charge in [0.2, 0.25) is 0 Å². The van der Waals surface area contributed by atoms with Gasteiger partial charge in [-0.2, -0.15) is 0 Å². The molecule has 1 aliphatic carbocycles. The van der Waals surface area contributed by atoms with Gasteiger partial charge in [-0.15, -0.1) is 0 Å². The minimum atomic E-state index is -0.443. The highest BCUT2D eigenvalue weighted by molar-refractivity contribution is 6.30. The number of rotatable bonds is 2. The number of fused-ring (bicyclic) bond motifs is 1. The second-order valence-electron chi connectivity index (χ2n) is 4.62. The van der Waals surface area contributed by atoms with Crippen molar-refractivity contribution < 1.29 is 14.4 Å². The molecule has 7 heteroatoms. The molecule has 104 valence electrons. The van der Waals surface area contributed by atoms with Crippen LogP contribution in [0.5, 0.6) is 5.75 Å². The van der Waals surface area contributed by atoms with E-state index in [0.717, 1.165) is 37.0 Å². The minimum absolute atomic E-state index is 0.0481. The van der Waals surface area contributed by atoms with Crippen LogP contribution in [-0.2, 0) is 12.8 Å². The predicted octanol–water partition coefficient (Wildman–Crippen LogP) is 2.56. The molecule has 2 aromatic heterocycles. The van der Waals surface area contributed by atoms with E-state index in [9.17, 15) is 9.90 Å². The van der Waals surface area contributed by atoms with Crippen molar-refractivity contribution in [3.63, 3.8) is 0 Å². The first-order chi connectivity index (χ1) is 9.65. The molecule has 0 bridgehead atoms. The summed E-state index contributed by atoms with van der Waals surface area (Å²) in [6.45, 7) is 0. The van der Waals surface area contributed by atoms with E-state index < -0.39 is 5.91 Å². The van der Waals surface area contributed by atoms with Crippen LogP contribution in [0, 0.1) is 0 Å². The van der Waals surface area contributed by atoms with E-state index in [4.69, 9.17) is 16.1 Å². The zero-order valence-corrected chi connectivity index (χ0v) is 11.3. The third-order valence-corrected chi connectivity index (χ3v) is 3.44. The zero-order valence-electron chi connectivity index (χ0n) is 10.5. The number of nitrogens with one attached hydrogen (secondary N) is 1. The number of amides is 1. The van der Waals surface area contributed by atoms with Gasteiger partial charge in [0.15, 0.2) is 17.3 Å². The normalized spacial score (nSPS) is 13.8. The molecule has 0 saturated heterocycles. The van der Waals surface area contributed by atoms with E-state index in [2.05, 4.69) is 15.5 Å². The number of halogens is 1. The summed E-state index contributed by atoms with van der Waals surface area (Å²) in [5.41, 5.74) is 1.11. The standard InChI is InChI=1S/C13H12ClN3O3/c14-7-5-9(18)12(15-6-7)16-13(19)11-8-3-1-2-4-10(8)20-17-11/h5-6,18H,1-4H2,(H,15,16,19). The number of anilines is 1. The van der Waals surface area contributed by atoms with E-state index in [1.165, 1.54) is 12.3 Å². The van der Waals surface area contributed by atoms with Gasteiger partial charge < -0.3 is 14.9 Å². The molecule has 6 nitrogen and oxygen atoms in total. The van der Waals surface area contributed by atoms with Gasteiger partial charge in [-0.1, -0.05) is 16.8 Å². The molecule has 0 spiro atoms. The van der Waals surface area contributed by atoms with Crippen LogP contribution in [0.15, 0.2) is 16.8 Å². The van der Waals surface area contributed by atoms with Crippen molar-refractivity contribution in [1.82, 2.24) is 10.1 Å². The van der Waals surface area contributed by atoms with Crippen LogP contribution >= 0.6 is 11.6 Å². The van der Waals surface area contributed by atoms with Gasteiger partial charge in [0.05, 0.1) is 5.02 Å². The average molecular weight is 294 g/mol. The maximum atomic E-state index is 12.2. The summed E-state index contributed by atoms with van der Waals surface area (Å²) in [5.74, 6) is 0.187. The maximum Gasteiger partial charge on any atom is 0.279 e. The second kappa shape index (κ2) is 5.13. The Labute approximate surface area is 119 Å². The van der Waals surface area contributed by atoms with E-state index >= 15 is 0 Å². The van der Waals surface area contributed by atoms with Crippen LogP contribution in [0.4, 0.5) is 5.82 Å². The lowest BCUT2D eigenvalue weighted by atomic mass is 9.96. The number of carbonyl (C=O) groups is 1. The first-order valence-corrected chi connectivity index (χ1v) is 6.66. The van der Waals surface area contributed by atoms with Crippen LogP contribution in [0.2, 0.25) is 5.02 Å². The minimum Gasteiger partial charge on any atom is -0.504 e. The number of pyridine rings is 1. The molecule has 2 heterocycles. The fourth-order valence-corrected chi connectivity index (χ4v) is 2.41.